The Morgan fingerprint density at radius 3 is 1.45 bits per heavy atom. The minimum atomic E-state index is 0.651. The fraction of sp³-hybridized carbons (Fsp3) is 0. The van der Waals surface area contributed by atoms with Gasteiger partial charge in [0.2, 0.25) is 5.95 Å². The van der Waals surface area contributed by atoms with Gasteiger partial charge >= 0.3 is 0 Å². The summed E-state index contributed by atoms with van der Waals surface area (Å²) in [7, 11) is 0. The zero-order chi connectivity index (χ0) is 43.0. The van der Waals surface area contributed by atoms with E-state index in [2.05, 4.69) is 228 Å². The van der Waals surface area contributed by atoms with Gasteiger partial charge in [0.05, 0.1) is 39.0 Å². The molecule has 0 aliphatic rings. The maximum atomic E-state index is 5.54. The molecule has 0 radical (unpaired) electrons. The zero-order valence-electron chi connectivity index (χ0n) is 35.6. The Kier molecular flexibility index (Phi) is 7.19. The van der Waals surface area contributed by atoms with Gasteiger partial charge in [-0.1, -0.05) is 182 Å². The van der Waals surface area contributed by atoms with E-state index in [-0.39, 0.29) is 0 Å². The molecule has 0 bridgehead atoms. The predicted octanol–water partition coefficient (Wildman–Crippen LogP) is 16.4. The van der Waals surface area contributed by atoms with Gasteiger partial charge in [0.15, 0.2) is 0 Å². The first-order chi connectivity index (χ1) is 32.8. The Labute approximate surface area is 378 Å². The molecule has 4 nitrogen and oxygen atoms in total. The Hall–Kier alpha value is -8.86. The molecule has 15 rings (SSSR count). The van der Waals surface area contributed by atoms with E-state index in [9.17, 15) is 0 Å². The van der Waals surface area contributed by atoms with E-state index in [1.807, 2.05) is 0 Å². The highest BCUT2D eigenvalue weighted by Gasteiger charge is 2.25. The highest BCUT2D eigenvalue weighted by atomic mass is 15.2. The van der Waals surface area contributed by atoms with Crippen LogP contribution in [0.5, 0.6) is 0 Å². The average molecular weight is 837 g/mol. The van der Waals surface area contributed by atoms with Gasteiger partial charge in [-0.2, -0.15) is 0 Å². The monoisotopic (exact) mass is 836 g/mol. The summed E-state index contributed by atoms with van der Waals surface area (Å²) in [6.07, 6.45) is 0. The van der Waals surface area contributed by atoms with E-state index in [1.165, 1.54) is 103 Å². The summed E-state index contributed by atoms with van der Waals surface area (Å²) in [5.41, 5.74) is 11.0. The molecule has 0 aliphatic heterocycles. The molecule has 0 spiro atoms. The van der Waals surface area contributed by atoms with Gasteiger partial charge in [-0.3, -0.25) is 4.57 Å². The van der Waals surface area contributed by atoms with Crippen molar-refractivity contribution < 1.29 is 0 Å². The molecule has 304 valence electrons. The van der Waals surface area contributed by atoms with Crippen molar-refractivity contribution in [3.8, 4) is 34.0 Å². The molecule has 0 aliphatic carbocycles. The van der Waals surface area contributed by atoms with Gasteiger partial charge in [0.1, 0.15) is 0 Å². The highest BCUT2D eigenvalue weighted by molar-refractivity contribution is 6.41. The molecule has 0 amide bonds. The van der Waals surface area contributed by atoms with Gasteiger partial charge < -0.3 is 4.57 Å². The van der Waals surface area contributed by atoms with E-state index in [0.717, 1.165) is 33.2 Å². The van der Waals surface area contributed by atoms with Crippen LogP contribution in [0, 0.1) is 0 Å². The summed E-state index contributed by atoms with van der Waals surface area (Å²) in [4.78, 5) is 10.9. The summed E-state index contributed by atoms with van der Waals surface area (Å²) in [5.74, 6) is 0.651. The molecule has 3 aromatic heterocycles. The van der Waals surface area contributed by atoms with E-state index < -0.39 is 0 Å². The van der Waals surface area contributed by atoms with Crippen LogP contribution in [0.2, 0.25) is 0 Å². The topological polar surface area (TPSA) is 35.6 Å². The average Bonchev–Trinajstić information content (AvgIpc) is 3.90. The quantitative estimate of drug-likeness (QED) is 0.131. The lowest BCUT2D eigenvalue weighted by molar-refractivity contribution is 1.01. The first kappa shape index (κ1) is 35.6. The standard InChI is InChI=1S/C62H36N4/c1-2-15-37(16-3-1)38-31-33-40(34-32-38)61-44-20-6-9-27-51(44)63-62(64-61)66-54-29-11-8-22-46(54)60-48-26-14-24-43-42-23-13-25-47-57(42)49(50(58(43)48)36-56(60)66)35-55-59(47)45-21-7-10-28-53(45)65(55)52-30-12-18-39-17-4-5-19-41(39)52/h1-36H. The molecule has 66 heavy (non-hydrogen) atoms. The number of aromatic nitrogens is 4. The Bertz CT molecular complexity index is 4500. The molecule has 0 unspecified atom stereocenters. The molecule has 3 heterocycles. The van der Waals surface area contributed by atoms with Gasteiger partial charge in [-0.15, -0.1) is 0 Å². The zero-order valence-corrected chi connectivity index (χ0v) is 35.6. The maximum absolute atomic E-state index is 5.54. The molecular weight excluding hydrogens is 801 g/mol. The smallest absolute Gasteiger partial charge is 0.235 e. The van der Waals surface area contributed by atoms with Crippen LogP contribution < -0.4 is 0 Å². The van der Waals surface area contributed by atoms with E-state index in [0.29, 0.717) is 5.95 Å². The van der Waals surface area contributed by atoms with Crippen LogP contribution in [0.4, 0.5) is 0 Å². The van der Waals surface area contributed by atoms with Gasteiger partial charge in [-0.25, -0.2) is 9.97 Å². The summed E-state index contributed by atoms with van der Waals surface area (Å²) in [6.45, 7) is 0. The third-order valence-electron chi connectivity index (χ3n) is 14.2. The molecule has 0 fully saturated rings. The van der Waals surface area contributed by atoms with Crippen molar-refractivity contribution >= 4 is 108 Å². The second-order valence-corrected chi connectivity index (χ2v) is 17.6. The van der Waals surface area contributed by atoms with Crippen LogP contribution in [0.25, 0.3) is 142 Å². The third-order valence-corrected chi connectivity index (χ3v) is 14.2. The van der Waals surface area contributed by atoms with Crippen LogP contribution in [0.1, 0.15) is 0 Å². The van der Waals surface area contributed by atoms with Gasteiger partial charge in [0, 0.05) is 37.9 Å². The largest absolute Gasteiger partial charge is 0.309 e. The summed E-state index contributed by atoms with van der Waals surface area (Å²) >= 11 is 0. The minimum Gasteiger partial charge on any atom is -0.309 e. The summed E-state index contributed by atoms with van der Waals surface area (Å²) in [5, 5.41) is 18.4. The fourth-order valence-corrected chi connectivity index (χ4v) is 11.5. The number of fused-ring (bicyclic) bond motifs is 12. The third kappa shape index (κ3) is 4.82. The highest BCUT2D eigenvalue weighted by Crippen LogP contribution is 2.49. The van der Waals surface area contributed by atoms with Crippen molar-refractivity contribution in [3.05, 3.63) is 218 Å². The molecule has 12 aromatic carbocycles. The lowest BCUT2D eigenvalue weighted by atomic mass is 9.87. The number of hydrogen-bond donors (Lipinski definition) is 0. The van der Waals surface area contributed by atoms with Crippen molar-refractivity contribution in [1.29, 1.82) is 0 Å². The van der Waals surface area contributed by atoms with Crippen LogP contribution >= 0.6 is 0 Å². The van der Waals surface area contributed by atoms with Crippen molar-refractivity contribution in [2.45, 2.75) is 0 Å². The molecule has 4 heteroatoms. The van der Waals surface area contributed by atoms with Crippen molar-refractivity contribution in [1.82, 2.24) is 19.1 Å². The molecule has 0 saturated heterocycles. The fourth-order valence-electron chi connectivity index (χ4n) is 11.5. The molecule has 15 aromatic rings. The van der Waals surface area contributed by atoms with E-state index in [4.69, 9.17) is 9.97 Å². The summed E-state index contributed by atoms with van der Waals surface area (Å²) < 4.78 is 4.81. The molecule has 0 saturated carbocycles. The van der Waals surface area contributed by atoms with Crippen molar-refractivity contribution in [3.63, 3.8) is 0 Å². The predicted molar refractivity (Wildman–Crippen MR) is 278 cm³/mol. The number of para-hydroxylation sites is 3. The number of hydrogen-bond acceptors (Lipinski definition) is 2. The maximum Gasteiger partial charge on any atom is 0.235 e. The second kappa shape index (κ2) is 13.3. The van der Waals surface area contributed by atoms with Gasteiger partial charge in [0.25, 0.3) is 0 Å². The number of rotatable bonds is 4. The van der Waals surface area contributed by atoms with Crippen LogP contribution in [0.3, 0.4) is 0 Å². The number of nitrogens with zero attached hydrogens (tertiary/aromatic N) is 4. The molecule has 0 atom stereocenters. The van der Waals surface area contributed by atoms with E-state index >= 15 is 0 Å². The normalized spacial score (nSPS) is 12.2. The van der Waals surface area contributed by atoms with Crippen molar-refractivity contribution in [2.75, 3.05) is 0 Å². The van der Waals surface area contributed by atoms with Crippen LogP contribution in [-0.4, -0.2) is 19.1 Å². The summed E-state index contributed by atoms with van der Waals surface area (Å²) in [6, 6.07) is 79.5. The van der Waals surface area contributed by atoms with Gasteiger partial charge in [-0.05, 0) is 96.0 Å². The van der Waals surface area contributed by atoms with Crippen molar-refractivity contribution in [2.24, 2.45) is 0 Å². The van der Waals surface area contributed by atoms with Crippen LogP contribution in [0.15, 0.2) is 218 Å². The molecular formula is C62H36N4. The van der Waals surface area contributed by atoms with E-state index in [1.54, 1.807) is 0 Å². The Balaban J connectivity index is 1.08. The second-order valence-electron chi connectivity index (χ2n) is 17.6. The lowest BCUT2D eigenvalue weighted by Gasteiger charge is -2.17. The van der Waals surface area contributed by atoms with Crippen LogP contribution in [-0.2, 0) is 0 Å². The SMILES string of the molecule is c1ccc(-c2ccc(-c3nc(-n4c5ccccc5c5c6cccc7c8cccc9c8c(cc8c9c9ccccc9n8-c8cccc9ccccc89)c(cc54)c76)nc4ccccc34)cc2)cc1. The Morgan fingerprint density at radius 1 is 0.273 bits per heavy atom. The minimum absolute atomic E-state index is 0.651. The first-order valence-electron chi connectivity index (χ1n) is 22.7. The lowest BCUT2D eigenvalue weighted by Crippen LogP contribution is -2.03. The molecule has 0 N–H and O–H groups in total. The number of benzene rings is 12. The first-order valence-corrected chi connectivity index (χ1v) is 22.7. The Morgan fingerprint density at radius 2 is 0.758 bits per heavy atom.